The van der Waals surface area contributed by atoms with E-state index in [0.29, 0.717) is 12.5 Å². The van der Waals surface area contributed by atoms with Crippen molar-refractivity contribution >= 4 is 11.6 Å². The highest BCUT2D eigenvalue weighted by Gasteiger charge is 2.09. The number of hydrogen-bond donors (Lipinski definition) is 0. The fraction of sp³-hybridized carbons (Fsp3) is 0.385. The number of terminal acetylenes is 1. The van der Waals surface area contributed by atoms with Crippen LogP contribution in [0.25, 0.3) is 0 Å². The van der Waals surface area contributed by atoms with Gasteiger partial charge in [0.2, 0.25) is 0 Å². The molecule has 0 aliphatic carbocycles. The highest BCUT2D eigenvalue weighted by Crippen LogP contribution is 2.31. The van der Waals surface area contributed by atoms with Crippen molar-refractivity contribution in [1.29, 1.82) is 0 Å². The summed E-state index contributed by atoms with van der Waals surface area (Å²) in [4.78, 5) is 0. The Balaban J connectivity index is 3.07. The highest BCUT2D eigenvalue weighted by atomic mass is 35.5. The molecule has 1 rings (SSSR count). The second-order valence-corrected chi connectivity index (χ2v) is 4.19. The van der Waals surface area contributed by atoms with E-state index in [4.69, 9.17) is 22.8 Å². The Bertz CT molecular complexity index is 388. The van der Waals surface area contributed by atoms with Gasteiger partial charge in [0, 0.05) is 5.02 Å². The van der Waals surface area contributed by atoms with Crippen molar-refractivity contribution in [1.82, 2.24) is 0 Å². The summed E-state index contributed by atoms with van der Waals surface area (Å²) in [7, 11) is 0. The number of aryl methyl sites for hydroxylation is 1. The molecule has 0 saturated carbocycles. The smallest absolute Gasteiger partial charge is 0.148 e. The van der Waals surface area contributed by atoms with Crippen LogP contribution in [0.2, 0.25) is 5.02 Å². The maximum atomic E-state index is 6.13. The van der Waals surface area contributed by atoms with E-state index in [1.165, 1.54) is 0 Å². The first-order valence-corrected chi connectivity index (χ1v) is 5.30. The lowest BCUT2D eigenvalue weighted by molar-refractivity contribution is 0.367. The van der Waals surface area contributed by atoms with Crippen LogP contribution in [0.3, 0.4) is 0 Å². The Hall–Kier alpha value is -1.13. The second-order valence-electron chi connectivity index (χ2n) is 3.79. The first-order valence-electron chi connectivity index (χ1n) is 4.92. The fourth-order valence-electron chi connectivity index (χ4n) is 1.39. The van der Waals surface area contributed by atoms with Gasteiger partial charge in [-0.2, -0.15) is 0 Å². The van der Waals surface area contributed by atoms with Crippen molar-refractivity contribution in [3.8, 4) is 18.1 Å². The van der Waals surface area contributed by atoms with Crippen LogP contribution in [0, 0.1) is 19.3 Å². The molecule has 0 radical (unpaired) electrons. The molecule has 1 nitrogen and oxygen atoms in total. The number of benzene rings is 1. The van der Waals surface area contributed by atoms with E-state index in [2.05, 4.69) is 19.8 Å². The Morgan fingerprint density at radius 2 is 2.13 bits per heavy atom. The summed E-state index contributed by atoms with van der Waals surface area (Å²) in [5, 5.41) is 0.788. The number of halogens is 1. The molecule has 0 aliphatic heterocycles. The van der Waals surface area contributed by atoms with E-state index < -0.39 is 0 Å². The molecule has 0 heterocycles. The maximum Gasteiger partial charge on any atom is 0.148 e. The Morgan fingerprint density at radius 3 is 2.67 bits per heavy atom. The van der Waals surface area contributed by atoms with Crippen LogP contribution in [0.5, 0.6) is 5.75 Å². The van der Waals surface area contributed by atoms with Crippen LogP contribution in [-0.2, 0) is 0 Å². The fourth-order valence-corrected chi connectivity index (χ4v) is 1.82. The van der Waals surface area contributed by atoms with Crippen LogP contribution < -0.4 is 4.74 Å². The van der Waals surface area contributed by atoms with E-state index in [-0.39, 0.29) is 0 Å². The van der Waals surface area contributed by atoms with E-state index in [0.717, 1.165) is 21.9 Å². The Morgan fingerprint density at radius 1 is 1.47 bits per heavy atom. The Labute approximate surface area is 96.4 Å². The first-order chi connectivity index (χ1) is 7.06. The van der Waals surface area contributed by atoms with Gasteiger partial charge in [-0.05, 0) is 36.1 Å². The lowest BCUT2D eigenvalue weighted by Crippen LogP contribution is -1.98. The van der Waals surface area contributed by atoms with Gasteiger partial charge in [0.25, 0.3) is 0 Å². The zero-order chi connectivity index (χ0) is 11.4. The minimum absolute atomic E-state index is 0.292. The second kappa shape index (κ2) is 5.09. The molecule has 0 saturated heterocycles. The first kappa shape index (κ1) is 11.9. The standard InChI is InChI=1S/C13H15ClO/c1-5-6-15-13-8-11(9(2)3)12(14)7-10(13)4/h1,7-9H,6H2,2-4H3. The number of ether oxygens (including phenoxy) is 1. The van der Waals surface area contributed by atoms with Crippen LogP contribution in [-0.4, -0.2) is 6.61 Å². The summed E-state index contributed by atoms with van der Waals surface area (Å²) < 4.78 is 5.44. The molecule has 2 heteroatoms. The molecule has 0 aromatic heterocycles. The predicted octanol–water partition coefficient (Wildman–Crippen LogP) is 3.78. The van der Waals surface area contributed by atoms with Gasteiger partial charge < -0.3 is 4.74 Å². The van der Waals surface area contributed by atoms with Crippen molar-refractivity contribution in [2.75, 3.05) is 6.61 Å². The summed E-state index contributed by atoms with van der Waals surface area (Å²) in [6.45, 7) is 6.45. The maximum absolute atomic E-state index is 6.13. The Kier molecular flexibility index (Phi) is 4.05. The molecule has 0 N–H and O–H groups in total. The zero-order valence-corrected chi connectivity index (χ0v) is 10.1. The van der Waals surface area contributed by atoms with Crippen LogP contribution in [0.4, 0.5) is 0 Å². The lowest BCUT2D eigenvalue weighted by Gasteiger charge is -2.13. The molecule has 80 valence electrons. The third-order valence-corrected chi connectivity index (χ3v) is 2.55. The van der Waals surface area contributed by atoms with E-state index in [1.54, 1.807) is 0 Å². The summed E-state index contributed by atoms with van der Waals surface area (Å²) in [6.07, 6.45) is 5.15. The number of rotatable bonds is 3. The zero-order valence-electron chi connectivity index (χ0n) is 9.30. The quantitative estimate of drug-likeness (QED) is 0.708. The average molecular weight is 223 g/mol. The van der Waals surface area contributed by atoms with Gasteiger partial charge in [0.1, 0.15) is 12.4 Å². The van der Waals surface area contributed by atoms with E-state index in [1.807, 2.05) is 19.1 Å². The molecule has 15 heavy (non-hydrogen) atoms. The molecule has 0 aliphatic rings. The highest BCUT2D eigenvalue weighted by molar-refractivity contribution is 6.31. The minimum Gasteiger partial charge on any atom is -0.481 e. The largest absolute Gasteiger partial charge is 0.481 e. The van der Waals surface area contributed by atoms with Gasteiger partial charge in [0.05, 0.1) is 0 Å². The summed E-state index contributed by atoms with van der Waals surface area (Å²) in [6, 6.07) is 3.89. The van der Waals surface area contributed by atoms with Crippen molar-refractivity contribution in [3.63, 3.8) is 0 Å². The lowest BCUT2D eigenvalue weighted by atomic mass is 10.0. The summed E-state index contributed by atoms with van der Waals surface area (Å²) in [5.74, 6) is 3.65. The van der Waals surface area contributed by atoms with Gasteiger partial charge in [0.15, 0.2) is 0 Å². The van der Waals surface area contributed by atoms with Gasteiger partial charge >= 0.3 is 0 Å². The van der Waals surface area contributed by atoms with Gasteiger partial charge in [-0.3, -0.25) is 0 Å². The van der Waals surface area contributed by atoms with Gasteiger partial charge in [-0.1, -0.05) is 31.4 Å². The monoisotopic (exact) mass is 222 g/mol. The summed E-state index contributed by atoms with van der Waals surface area (Å²) in [5.41, 5.74) is 2.11. The molecule has 0 amide bonds. The molecule has 1 aromatic carbocycles. The number of hydrogen-bond acceptors (Lipinski definition) is 1. The molecule has 0 unspecified atom stereocenters. The van der Waals surface area contributed by atoms with Crippen LogP contribution in [0.1, 0.15) is 30.9 Å². The average Bonchev–Trinajstić information content (AvgIpc) is 2.16. The third kappa shape index (κ3) is 2.91. The molecular weight excluding hydrogens is 208 g/mol. The van der Waals surface area contributed by atoms with Crippen molar-refractivity contribution in [3.05, 3.63) is 28.3 Å². The van der Waals surface area contributed by atoms with E-state index in [9.17, 15) is 0 Å². The molecule has 1 aromatic rings. The topological polar surface area (TPSA) is 9.23 Å². The molecule has 0 fully saturated rings. The molecule has 0 bridgehead atoms. The molecule has 0 atom stereocenters. The molecule has 0 spiro atoms. The minimum atomic E-state index is 0.292. The predicted molar refractivity (Wildman–Crippen MR) is 64.6 cm³/mol. The molecular formula is C13H15ClO. The van der Waals surface area contributed by atoms with E-state index >= 15 is 0 Å². The van der Waals surface area contributed by atoms with Crippen molar-refractivity contribution < 1.29 is 4.74 Å². The van der Waals surface area contributed by atoms with Crippen molar-refractivity contribution in [2.24, 2.45) is 0 Å². The van der Waals surface area contributed by atoms with Crippen LogP contribution in [0.15, 0.2) is 12.1 Å². The third-order valence-electron chi connectivity index (χ3n) is 2.23. The van der Waals surface area contributed by atoms with Crippen LogP contribution >= 0.6 is 11.6 Å². The van der Waals surface area contributed by atoms with Gasteiger partial charge in [-0.25, -0.2) is 0 Å². The van der Waals surface area contributed by atoms with Gasteiger partial charge in [-0.15, -0.1) is 6.42 Å². The summed E-state index contributed by atoms with van der Waals surface area (Å²) >= 11 is 6.13. The normalized spacial score (nSPS) is 10.1. The van der Waals surface area contributed by atoms with Crippen molar-refractivity contribution in [2.45, 2.75) is 26.7 Å². The SMILES string of the molecule is C#CCOc1cc(C(C)C)c(Cl)cc1C.